The molecule has 1 rings (SSSR count). The van der Waals surface area contributed by atoms with E-state index in [-0.39, 0.29) is 5.54 Å². The van der Waals surface area contributed by atoms with Gasteiger partial charge in [-0.3, -0.25) is 0 Å². The summed E-state index contributed by atoms with van der Waals surface area (Å²) in [6, 6.07) is 10.6. The molecular formula is C16H23N. The van der Waals surface area contributed by atoms with Crippen LogP contribution in [0.3, 0.4) is 0 Å². The Morgan fingerprint density at radius 1 is 1.35 bits per heavy atom. The molecule has 1 aromatic rings. The highest BCUT2D eigenvalue weighted by molar-refractivity contribution is 5.27. The Morgan fingerprint density at radius 3 is 2.47 bits per heavy atom. The number of hydrogen-bond donors (Lipinski definition) is 1. The molecule has 1 nitrogen and oxygen atoms in total. The fourth-order valence-electron chi connectivity index (χ4n) is 2.39. The molecule has 0 bridgehead atoms. The summed E-state index contributed by atoms with van der Waals surface area (Å²) in [5.41, 5.74) is 2.26. The first kappa shape index (κ1) is 13.6. The molecule has 0 heterocycles. The maximum absolute atomic E-state index is 3.98. The van der Waals surface area contributed by atoms with Crippen molar-refractivity contribution in [3.05, 3.63) is 60.8 Å². The molecule has 92 valence electrons. The fourth-order valence-corrected chi connectivity index (χ4v) is 2.39. The van der Waals surface area contributed by atoms with Crippen LogP contribution in [0.5, 0.6) is 0 Å². The second-order valence-corrected chi connectivity index (χ2v) is 4.60. The third kappa shape index (κ3) is 3.48. The minimum atomic E-state index is -0.0520. The van der Waals surface area contributed by atoms with Crippen molar-refractivity contribution in [2.45, 2.75) is 38.6 Å². The predicted molar refractivity (Wildman–Crippen MR) is 75.8 cm³/mol. The second-order valence-electron chi connectivity index (χ2n) is 4.60. The van der Waals surface area contributed by atoms with Gasteiger partial charge in [-0.05, 0) is 25.3 Å². The average Bonchev–Trinajstić information content (AvgIpc) is 2.30. The molecule has 1 heteroatoms. The molecule has 0 aliphatic heterocycles. The van der Waals surface area contributed by atoms with Gasteiger partial charge in [0.1, 0.15) is 0 Å². The topological polar surface area (TPSA) is 12.0 Å². The number of nitrogens with one attached hydrogen (secondary N) is 1. The van der Waals surface area contributed by atoms with Gasteiger partial charge in [0, 0.05) is 5.70 Å². The first-order valence-electron chi connectivity index (χ1n) is 6.24. The summed E-state index contributed by atoms with van der Waals surface area (Å²) in [4.78, 5) is 0. The van der Waals surface area contributed by atoms with E-state index in [9.17, 15) is 0 Å². The summed E-state index contributed by atoms with van der Waals surface area (Å²) in [5, 5.41) is 3.55. The van der Waals surface area contributed by atoms with Gasteiger partial charge in [-0.25, -0.2) is 0 Å². The Bertz CT molecular complexity index is 366. The van der Waals surface area contributed by atoms with Gasteiger partial charge >= 0.3 is 0 Å². The van der Waals surface area contributed by atoms with Crippen LogP contribution in [0.4, 0.5) is 0 Å². The van der Waals surface area contributed by atoms with Gasteiger partial charge in [0.15, 0.2) is 0 Å². The number of allylic oxidation sites excluding steroid dienone is 1. The minimum Gasteiger partial charge on any atom is -0.379 e. The van der Waals surface area contributed by atoms with Crippen molar-refractivity contribution in [2.75, 3.05) is 0 Å². The van der Waals surface area contributed by atoms with Gasteiger partial charge < -0.3 is 5.32 Å². The Balaban J connectivity index is 3.13. The zero-order chi connectivity index (χ0) is 12.7. The van der Waals surface area contributed by atoms with Crippen LogP contribution in [0, 0.1) is 0 Å². The predicted octanol–water partition coefficient (Wildman–Crippen LogP) is 4.38. The standard InChI is InChI=1S/C16H23N/c1-5-12-16(13-6-2,17-14(3)4)15-10-8-7-9-11-15/h5,7-11,17H,1,3,6,12-13H2,2,4H3. The van der Waals surface area contributed by atoms with Crippen LogP contribution in [0.25, 0.3) is 0 Å². The molecule has 0 aliphatic carbocycles. The van der Waals surface area contributed by atoms with Crippen LogP contribution in [0.2, 0.25) is 0 Å². The van der Waals surface area contributed by atoms with Gasteiger partial charge in [0.05, 0.1) is 5.54 Å². The lowest BCUT2D eigenvalue weighted by molar-refractivity contribution is 0.337. The Labute approximate surface area is 105 Å². The van der Waals surface area contributed by atoms with Crippen LogP contribution >= 0.6 is 0 Å². The minimum absolute atomic E-state index is 0.0520. The maximum atomic E-state index is 3.98. The van der Waals surface area contributed by atoms with E-state index in [1.54, 1.807) is 0 Å². The monoisotopic (exact) mass is 229 g/mol. The first-order valence-corrected chi connectivity index (χ1v) is 6.24. The average molecular weight is 229 g/mol. The summed E-state index contributed by atoms with van der Waals surface area (Å²) >= 11 is 0. The third-order valence-corrected chi connectivity index (χ3v) is 2.95. The quantitative estimate of drug-likeness (QED) is 0.684. The molecule has 0 fully saturated rings. The highest BCUT2D eigenvalue weighted by atomic mass is 15.0. The van der Waals surface area contributed by atoms with Crippen molar-refractivity contribution in [2.24, 2.45) is 0 Å². The normalized spacial score (nSPS) is 13.8. The second kappa shape index (κ2) is 6.29. The smallest absolute Gasteiger partial charge is 0.0656 e. The molecule has 1 unspecified atom stereocenters. The summed E-state index contributed by atoms with van der Waals surface area (Å²) in [7, 11) is 0. The van der Waals surface area contributed by atoms with Crippen molar-refractivity contribution >= 4 is 0 Å². The van der Waals surface area contributed by atoms with Crippen LogP contribution in [0.15, 0.2) is 55.3 Å². The molecule has 0 spiro atoms. The summed E-state index contributed by atoms with van der Waals surface area (Å²) in [5.74, 6) is 0. The molecule has 1 N–H and O–H groups in total. The van der Waals surface area contributed by atoms with E-state index in [1.165, 1.54) is 5.56 Å². The molecule has 0 aliphatic rings. The lowest BCUT2D eigenvalue weighted by Gasteiger charge is -2.36. The highest BCUT2D eigenvalue weighted by Gasteiger charge is 2.29. The van der Waals surface area contributed by atoms with Gasteiger partial charge in [-0.15, -0.1) is 6.58 Å². The van der Waals surface area contributed by atoms with E-state index < -0.39 is 0 Å². The zero-order valence-corrected chi connectivity index (χ0v) is 11.0. The van der Waals surface area contributed by atoms with Crippen LogP contribution in [-0.4, -0.2) is 0 Å². The van der Waals surface area contributed by atoms with Crippen molar-refractivity contribution in [1.82, 2.24) is 5.32 Å². The number of hydrogen-bond acceptors (Lipinski definition) is 1. The molecular weight excluding hydrogens is 206 g/mol. The highest BCUT2D eigenvalue weighted by Crippen LogP contribution is 2.31. The van der Waals surface area contributed by atoms with Gasteiger partial charge in [0.25, 0.3) is 0 Å². The van der Waals surface area contributed by atoms with Crippen LogP contribution in [-0.2, 0) is 5.54 Å². The van der Waals surface area contributed by atoms with Gasteiger partial charge in [-0.2, -0.15) is 0 Å². The van der Waals surface area contributed by atoms with E-state index in [2.05, 4.69) is 55.7 Å². The molecule has 0 saturated heterocycles. The molecule has 17 heavy (non-hydrogen) atoms. The molecule has 0 saturated carbocycles. The zero-order valence-electron chi connectivity index (χ0n) is 11.0. The van der Waals surface area contributed by atoms with E-state index >= 15 is 0 Å². The Morgan fingerprint density at radius 2 is 2.00 bits per heavy atom. The lowest BCUT2D eigenvalue weighted by atomic mass is 9.82. The number of benzene rings is 1. The summed E-state index contributed by atoms with van der Waals surface area (Å²) in [6.07, 6.45) is 5.11. The van der Waals surface area contributed by atoms with Crippen LogP contribution < -0.4 is 5.32 Å². The van der Waals surface area contributed by atoms with Gasteiger partial charge in [0.2, 0.25) is 0 Å². The third-order valence-electron chi connectivity index (χ3n) is 2.95. The largest absolute Gasteiger partial charge is 0.379 e. The van der Waals surface area contributed by atoms with Crippen molar-refractivity contribution < 1.29 is 0 Å². The SMILES string of the molecule is C=CCC(CCC)(NC(=C)C)c1ccccc1. The first-order chi connectivity index (χ1) is 8.14. The van der Waals surface area contributed by atoms with Crippen molar-refractivity contribution in [3.8, 4) is 0 Å². The molecule has 0 amide bonds. The molecule has 1 atom stereocenters. The van der Waals surface area contributed by atoms with Gasteiger partial charge in [-0.1, -0.05) is 56.3 Å². The van der Waals surface area contributed by atoms with Crippen LogP contribution in [0.1, 0.15) is 38.7 Å². The van der Waals surface area contributed by atoms with E-state index in [1.807, 2.05) is 13.0 Å². The van der Waals surface area contributed by atoms with Crippen molar-refractivity contribution in [1.29, 1.82) is 0 Å². The Kier molecular flexibility index (Phi) is 5.02. The Hall–Kier alpha value is -1.50. The number of rotatable bonds is 7. The molecule has 1 aromatic carbocycles. The maximum Gasteiger partial charge on any atom is 0.0656 e. The van der Waals surface area contributed by atoms with E-state index in [0.717, 1.165) is 25.0 Å². The molecule has 0 aromatic heterocycles. The fraction of sp³-hybridized carbons (Fsp3) is 0.375. The summed E-state index contributed by atoms with van der Waals surface area (Å²) < 4.78 is 0. The lowest BCUT2D eigenvalue weighted by Crippen LogP contribution is -2.40. The van der Waals surface area contributed by atoms with E-state index in [4.69, 9.17) is 0 Å². The summed E-state index contributed by atoms with van der Waals surface area (Å²) in [6.45, 7) is 12.1. The van der Waals surface area contributed by atoms with Crippen molar-refractivity contribution in [3.63, 3.8) is 0 Å². The van der Waals surface area contributed by atoms with E-state index in [0.29, 0.717) is 0 Å². The molecule has 0 radical (unpaired) electrons.